The number of quaternary nitrogens is 1. The van der Waals surface area contributed by atoms with Crippen molar-refractivity contribution in [3.8, 4) is 0 Å². The van der Waals surface area contributed by atoms with Crippen LogP contribution in [0.15, 0.2) is 42.5 Å². The van der Waals surface area contributed by atoms with Gasteiger partial charge >= 0.3 is 0 Å². The normalized spacial score (nSPS) is 17.3. The zero-order valence-electron chi connectivity index (χ0n) is 11.5. The molecule has 0 spiro atoms. The molecule has 0 saturated carbocycles. The molecule has 4 nitrogen and oxygen atoms in total. The predicted molar refractivity (Wildman–Crippen MR) is 81.5 cm³/mol. The number of nitro benzene ring substituents is 1. The van der Waals surface area contributed by atoms with Crippen molar-refractivity contribution >= 4 is 17.3 Å². The molecule has 1 aliphatic heterocycles. The molecular formula is C16H16ClN2O2+. The van der Waals surface area contributed by atoms with Crippen LogP contribution in [0.2, 0.25) is 5.02 Å². The number of hydrogen-bond acceptors (Lipinski definition) is 2. The van der Waals surface area contributed by atoms with E-state index < -0.39 is 4.92 Å². The highest BCUT2D eigenvalue weighted by Crippen LogP contribution is 2.24. The van der Waals surface area contributed by atoms with E-state index in [0.717, 1.165) is 31.6 Å². The van der Waals surface area contributed by atoms with E-state index in [1.165, 1.54) is 16.0 Å². The van der Waals surface area contributed by atoms with Gasteiger partial charge in [0.25, 0.3) is 5.69 Å². The van der Waals surface area contributed by atoms with Gasteiger partial charge in [0, 0.05) is 23.6 Å². The highest BCUT2D eigenvalue weighted by Gasteiger charge is 2.20. The Morgan fingerprint density at radius 2 is 1.95 bits per heavy atom. The van der Waals surface area contributed by atoms with Crippen LogP contribution in [0.5, 0.6) is 0 Å². The summed E-state index contributed by atoms with van der Waals surface area (Å²) in [5.41, 5.74) is 3.75. The fraction of sp³-hybridized carbons (Fsp3) is 0.250. The number of nitro groups is 1. The number of nitrogens with one attached hydrogen (secondary N) is 1. The van der Waals surface area contributed by atoms with E-state index in [4.69, 9.17) is 11.6 Å². The molecule has 0 radical (unpaired) electrons. The van der Waals surface area contributed by atoms with Gasteiger partial charge in [0.1, 0.15) is 18.1 Å². The van der Waals surface area contributed by atoms with Crippen molar-refractivity contribution in [2.75, 3.05) is 6.54 Å². The average molecular weight is 304 g/mol. The van der Waals surface area contributed by atoms with E-state index in [0.29, 0.717) is 0 Å². The van der Waals surface area contributed by atoms with Crippen molar-refractivity contribution in [1.29, 1.82) is 0 Å². The van der Waals surface area contributed by atoms with E-state index in [2.05, 4.69) is 24.3 Å². The number of benzene rings is 2. The van der Waals surface area contributed by atoms with E-state index in [1.54, 1.807) is 12.1 Å². The molecule has 2 aromatic rings. The van der Waals surface area contributed by atoms with Gasteiger partial charge in [-0.3, -0.25) is 10.1 Å². The maximum absolute atomic E-state index is 10.9. The lowest BCUT2D eigenvalue weighted by molar-refractivity contribution is -0.929. The van der Waals surface area contributed by atoms with Crippen LogP contribution < -0.4 is 4.90 Å². The van der Waals surface area contributed by atoms with Crippen molar-refractivity contribution < 1.29 is 9.82 Å². The Morgan fingerprint density at radius 3 is 2.71 bits per heavy atom. The summed E-state index contributed by atoms with van der Waals surface area (Å²) >= 11 is 5.85. The number of rotatable bonds is 3. The van der Waals surface area contributed by atoms with Crippen LogP contribution in [-0.2, 0) is 19.5 Å². The molecule has 1 aliphatic rings. The average Bonchev–Trinajstić information content (AvgIpc) is 2.49. The molecule has 0 aromatic heterocycles. The van der Waals surface area contributed by atoms with Crippen molar-refractivity contribution in [3.63, 3.8) is 0 Å². The summed E-state index contributed by atoms with van der Waals surface area (Å²) in [4.78, 5) is 11.9. The first-order valence-corrected chi connectivity index (χ1v) is 7.34. The molecule has 3 rings (SSSR count). The van der Waals surface area contributed by atoms with Gasteiger partial charge in [-0.1, -0.05) is 41.9 Å². The van der Waals surface area contributed by atoms with Crippen molar-refractivity contribution in [1.82, 2.24) is 0 Å². The molecule has 2 aromatic carbocycles. The third-order valence-electron chi connectivity index (χ3n) is 3.97. The van der Waals surface area contributed by atoms with Crippen LogP contribution in [0.4, 0.5) is 5.69 Å². The van der Waals surface area contributed by atoms with Gasteiger partial charge in [-0.05, 0) is 11.6 Å². The van der Waals surface area contributed by atoms with E-state index in [1.807, 2.05) is 6.07 Å². The van der Waals surface area contributed by atoms with Crippen LogP contribution in [-0.4, -0.2) is 11.5 Å². The Balaban J connectivity index is 1.76. The lowest BCUT2D eigenvalue weighted by atomic mass is 9.99. The molecule has 5 heteroatoms. The second-order valence-electron chi connectivity index (χ2n) is 5.42. The van der Waals surface area contributed by atoms with Gasteiger partial charge in [0.15, 0.2) is 0 Å². The molecule has 0 fully saturated rings. The Kier molecular flexibility index (Phi) is 3.90. The van der Waals surface area contributed by atoms with Crippen LogP contribution in [0.1, 0.15) is 16.7 Å². The lowest BCUT2D eigenvalue weighted by Gasteiger charge is -2.25. The second-order valence-corrected chi connectivity index (χ2v) is 5.82. The predicted octanol–water partition coefficient (Wildman–Crippen LogP) is 2.39. The third kappa shape index (κ3) is 3.06. The van der Waals surface area contributed by atoms with Crippen molar-refractivity contribution in [2.45, 2.75) is 19.5 Å². The standard InChI is InChI=1S/C16H15ClN2O2/c17-15-6-5-12(9-16(15)19(20)21)10-18-8-7-13-3-1-2-4-14(13)11-18/h1-6,9H,7-8,10-11H2/p+1. The van der Waals surface area contributed by atoms with Crippen molar-refractivity contribution in [2.24, 2.45) is 0 Å². The summed E-state index contributed by atoms with van der Waals surface area (Å²) < 4.78 is 0. The van der Waals surface area contributed by atoms with E-state index in [-0.39, 0.29) is 10.7 Å². The minimum atomic E-state index is -0.424. The van der Waals surface area contributed by atoms with Crippen molar-refractivity contribution in [3.05, 3.63) is 74.3 Å². The number of halogens is 1. The molecular weight excluding hydrogens is 288 g/mol. The summed E-state index contributed by atoms with van der Waals surface area (Å²) in [6.07, 6.45) is 1.06. The molecule has 1 heterocycles. The fourth-order valence-corrected chi connectivity index (χ4v) is 3.08. The molecule has 1 unspecified atom stereocenters. The topological polar surface area (TPSA) is 47.6 Å². The van der Waals surface area contributed by atoms with Gasteiger partial charge < -0.3 is 4.90 Å². The Labute approximate surface area is 128 Å². The molecule has 1 N–H and O–H groups in total. The fourth-order valence-electron chi connectivity index (χ4n) is 2.89. The zero-order chi connectivity index (χ0) is 14.8. The van der Waals surface area contributed by atoms with Crippen LogP contribution >= 0.6 is 11.6 Å². The van der Waals surface area contributed by atoms with Gasteiger partial charge in [-0.25, -0.2) is 0 Å². The minimum Gasteiger partial charge on any atom is -0.327 e. The smallest absolute Gasteiger partial charge is 0.288 e. The van der Waals surface area contributed by atoms with Gasteiger partial charge in [0.05, 0.1) is 11.5 Å². The summed E-state index contributed by atoms with van der Waals surface area (Å²) in [7, 11) is 0. The molecule has 1 atom stereocenters. The van der Waals surface area contributed by atoms with Crippen LogP contribution in [0.3, 0.4) is 0 Å². The molecule has 0 amide bonds. The number of fused-ring (bicyclic) bond motifs is 1. The Hall–Kier alpha value is -1.91. The molecule has 0 bridgehead atoms. The Morgan fingerprint density at radius 1 is 1.19 bits per heavy atom. The quantitative estimate of drug-likeness (QED) is 0.699. The van der Waals surface area contributed by atoms with Crippen LogP contribution in [0, 0.1) is 10.1 Å². The molecule has 21 heavy (non-hydrogen) atoms. The number of hydrogen-bond donors (Lipinski definition) is 1. The first-order valence-electron chi connectivity index (χ1n) is 6.96. The first kappa shape index (κ1) is 14.0. The molecule has 0 aliphatic carbocycles. The Bertz CT molecular complexity index is 688. The lowest BCUT2D eigenvalue weighted by Crippen LogP contribution is -3.10. The van der Waals surface area contributed by atoms with E-state index >= 15 is 0 Å². The summed E-state index contributed by atoms with van der Waals surface area (Å²) in [5.74, 6) is 0. The van der Waals surface area contributed by atoms with E-state index in [9.17, 15) is 10.1 Å². The monoisotopic (exact) mass is 303 g/mol. The first-order chi connectivity index (χ1) is 10.1. The van der Waals surface area contributed by atoms with Gasteiger partial charge in [-0.15, -0.1) is 0 Å². The number of nitrogens with zero attached hydrogens (tertiary/aromatic N) is 1. The van der Waals surface area contributed by atoms with Crippen LogP contribution in [0.25, 0.3) is 0 Å². The largest absolute Gasteiger partial charge is 0.327 e. The summed E-state index contributed by atoms with van der Waals surface area (Å²) in [6.45, 7) is 2.80. The summed E-state index contributed by atoms with van der Waals surface area (Å²) in [6, 6.07) is 13.6. The zero-order valence-corrected chi connectivity index (χ0v) is 12.3. The second kappa shape index (κ2) is 5.84. The van der Waals surface area contributed by atoms with Gasteiger partial charge in [-0.2, -0.15) is 0 Å². The molecule has 108 valence electrons. The highest BCUT2D eigenvalue weighted by molar-refractivity contribution is 6.32. The molecule has 0 saturated heterocycles. The minimum absolute atomic E-state index is 0.00836. The maximum Gasteiger partial charge on any atom is 0.288 e. The summed E-state index contributed by atoms with van der Waals surface area (Å²) in [5, 5.41) is 11.1. The maximum atomic E-state index is 10.9. The third-order valence-corrected chi connectivity index (χ3v) is 4.29. The SMILES string of the molecule is O=[N+]([O-])c1cc(C[NH+]2CCc3ccccc3C2)ccc1Cl. The van der Waals surface area contributed by atoms with Gasteiger partial charge in [0.2, 0.25) is 0 Å². The highest BCUT2D eigenvalue weighted by atomic mass is 35.5.